The molecule has 2 nitrogen and oxygen atoms in total. The van der Waals surface area contributed by atoms with Crippen molar-refractivity contribution in [3.05, 3.63) is 70.2 Å². The standard InChI is InChI=1S/C15H10BrF2NO/c16-12-4-2-1-3-10(12)5-8-15(20)19-14-9-11(17)6-7-13(14)18/h1-9H,(H,19,20)/b8-5+. The molecule has 0 saturated carbocycles. The number of rotatable bonds is 3. The zero-order chi connectivity index (χ0) is 14.5. The molecule has 102 valence electrons. The van der Waals surface area contributed by atoms with Gasteiger partial charge in [0.1, 0.15) is 11.6 Å². The lowest BCUT2D eigenvalue weighted by molar-refractivity contribution is -0.111. The molecule has 0 bridgehead atoms. The van der Waals surface area contributed by atoms with E-state index < -0.39 is 17.5 Å². The van der Waals surface area contributed by atoms with E-state index in [1.807, 2.05) is 24.3 Å². The Kier molecular flexibility index (Phi) is 4.63. The summed E-state index contributed by atoms with van der Waals surface area (Å²) in [5.41, 5.74) is 0.620. The van der Waals surface area contributed by atoms with Crippen LogP contribution in [0.25, 0.3) is 6.08 Å². The quantitative estimate of drug-likeness (QED) is 0.827. The van der Waals surface area contributed by atoms with E-state index in [9.17, 15) is 13.6 Å². The normalized spacial score (nSPS) is 10.8. The Labute approximate surface area is 123 Å². The van der Waals surface area contributed by atoms with Gasteiger partial charge in [-0.15, -0.1) is 0 Å². The van der Waals surface area contributed by atoms with Crippen LogP contribution in [0.15, 0.2) is 53.0 Å². The highest BCUT2D eigenvalue weighted by atomic mass is 79.9. The second-order valence-corrected chi connectivity index (χ2v) is 4.82. The van der Waals surface area contributed by atoms with Crippen LogP contribution in [-0.4, -0.2) is 5.91 Å². The Bertz CT molecular complexity index is 671. The number of carbonyl (C=O) groups excluding carboxylic acids is 1. The van der Waals surface area contributed by atoms with Crippen LogP contribution in [0.5, 0.6) is 0 Å². The van der Waals surface area contributed by atoms with Crippen molar-refractivity contribution in [2.24, 2.45) is 0 Å². The van der Waals surface area contributed by atoms with E-state index in [2.05, 4.69) is 21.2 Å². The summed E-state index contributed by atoms with van der Waals surface area (Å²) in [7, 11) is 0. The van der Waals surface area contributed by atoms with Gasteiger partial charge in [-0.25, -0.2) is 8.78 Å². The molecule has 0 aliphatic rings. The molecule has 2 aromatic rings. The number of carbonyl (C=O) groups is 1. The summed E-state index contributed by atoms with van der Waals surface area (Å²) in [6.07, 6.45) is 2.83. The average molecular weight is 338 g/mol. The third-order valence-corrected chi connectivity index (χ3v) is 3.23. The van der Waals surface area contributed by atoms with Crippen LogP contribution in [0.2, 0.25) is 0 Å². The molecule has 0 atom stereocenters. The van der Waals surface area contributed by atoms with Crippen LogP contribution in [0.4, 0.5) is 14.5 Å². The van der Waals surface area contributed by atoms with E-state index in [-0.39, 0.29) is 5.69 Å². The minimum atomic E-state index is -0.686. The van der Waals surface area contributed by atoms with Gasteiger partial charge in [0.05, 0.1) is 5.69 Å². The highest BCUT2D eigenvalue weighted by Crippen LogP contribution is 2.18. The van der Waals surface area contributed by atoms with Gasteiger partial charge in [0, 0.05) is 16.6 Å². The molecule has 0 saturated heterocycles. The highest BCUT2D eigenvalue weighted by Gasteiger charge is 2.06. The Morgan fingerprint density at radius 1 is 1.15 bits per heavy atom. The lowest BCUT2D eigenvalue weighted by atomic mass is 10.2. The second-order valence-electron chi connectivity index (χ2n) is 3.97. The monoisotopic (exact) mass is 337 g/mol. The number of hydrogen-bond donors (Lipinski definition) is 1. The first-order valence-electron chi connectivity index (χ1n) is 5.75. The minimum Gasteiger partial charge on any atom is -0.320 e. The van der Waals surface area contributed by atoms with E-state index in [1.54, 1.807) is 6.08 Å². The number of anilines is 1. The summed E-state index contributed by atoms with van der Waals surface area (Å²) >= 11 is 3.34. The molecule has 0 radical (unpaired) electrons. The van der Waals surface area contributed by atoms with Crippen molar-refractivity contribution in [1.82, 2.24) is 0 Å². The molecule has 0 fully saturated rings. The molecular formula is C15H10BrF2NO. The first-order valence-corrected chi connectivity index (χ1v) is 6.54. The molecule has 0 spiro atoms. The Morgan fingerprint density at radius 2 is 1.90 bits per heavy atom. The van der Waals surface area contributed by atoms with Crippen molar-refractivity contribution in [2.75, 3.05) is 5.32 Å². The van der Waals surface area contributed by atoms with Crippen LogP contribution >= 0.6 is 15.9 Å². The molecule has 0 aromatic heterocycles. The fourth-order valence-electron chi connectivity index (χ4n) is 1.54. The van der Waals surface area contributed by atoms with E-state index in [0.29, 0.717) is 0 Å². The van der Waals surface area contributed by atoms with Gasteiger partial charge in [0.15, 0.2) is 0 Å². The van der Waals surface area contributed by atoms with Gasteiger partial charge in [-0.2, -0.15) is 0 Å². The molecule has 20 heavy (non-hydrogen) atoms. The Balaban J connectivity index is 2.10. The smallest absolute Gasteiger partial charge is 0.248 e. The fourth-order valence-corrected chi connectivity index (χ4v) is 1.96. The van der Waals surface area contributed by atoms with E-state index in [0.717, 1.165) is 28.2 Å². The predicted molar refractivity (Wildman–Crippen MR) is 78.2 cm³/mol. The van der Waals surface area contributed by atoms with Crippen molar-refractivity contribution in [3.63, 3.8) is 0 Å². The van der Waals surface area contributed by atoms with Crippen LogP contribution < -0.4 is 5.32 Å². The van der Waals surface area contributed by atoms with Crippen LogP contribution in [0.1, 0.15) is 5.56 Å². The van der Waals surface area contributed by atoms with Gasteiger partial charge in [0.25, 0.3) is 0 Å². The SMILES string of the molecule is O=C(/C=C/c1ccccc1Br)Nc1cc(F)ccc1F. The predicted octanol–water partition coefficient (Wildman–Crippen LogP) is 4.38. The summed E-state index contributed by atoms with van der Waals surface area (Å²) in [5.74, 6) is -1.84. The van der Waals surface area contributed by atoms with Crippen molar-refractivity contribution < 1.29 is 13.6 Å². The maximum absolute atomic E-state index is 13.3. The van der Waals surface area contributed by atoms with Crippen molar-refractivity contribution in [3.8, 4) is 0 Å². The zero-order valence-corrected chi connectivity index (χ0v) is 11.8. The average Bonchev–Trinajstić information content (AvgIpc) is 2.42. The van der Waals surface area contributed by atoms with Crippen LogP contribution in [0, 0.1) is 11.6 Å². The minimum absolute atomic E-state index is 0.188. The van der Waals surface area contributed by atoms with Gasteiger partial charge < -0.3 is 5.32 Å². The topological polar surface area (TPSA) is 29.1 Å². The maximum Gasteiger partial charge on any atom is 0.248 e. The molecule has 0 aliphatic carbocycles. The summed E-state index contributed by atoms with van der Waals surface area (Å²) in [6, 6.07) is 10.2. The lowest BCUT2D eigenvalue weighted by Gasteiger charge is -2.03. The van der Waals surface area contributed by atoms with Gasteiger partial charge in [-0.05, 0) is 29.8 Å². The van der Waals surface area contributed by atoms with Gasteiger partial charge >= 0.3 is 0 Å². The molecule has 1 amide bonds. The number of hydrogen-bond acceptors (Lipinski definition) is 1. The maximum atomic E-state index is 13.3. The Morgan fingerprint density at radius 3 is 2.65 bits per heavy atom. The number of nitrogens with one attached hydrogen (secondary N) is 1. The molecule has 2 aromatic carbocycles. The highest BCUT2D eigenvalue weighted by molar-refractivity contribution is 9.10. The summed E-state index contributed by atoms with van der Waals surface area (Å²) < 4.78 is 27.1. The molecule has 2 rings (SSSR count). The van der Waals surface area contributed by atoms with E-state index in [4.69, 9.17) is 0 Å². The van der Waals surface area contributed by atoms with Gasteiger partial charge in [0.2, 0.25) is 5.91 Å². The number of benzene rings is 2. The third-order valence-electron chi connectivity index (χ3n) is 2.51. The summed E-state index contributed by atoms with van der Waals surface area (Å²) in [5, 5.41) is 2.28. The number of amides is 1. The first kappa shape index (κ1) is 14.4. The zero-order valence-electron chi connectivity index (χ0n) is 10.2. The molecule has 1 N–H and O–H groups in total. The van der Waals surface area contributed by atoms with Gasteiger partial charge in [-0.3, -0.25) is 4.79 Å². The lowest BCUT2D eigenvalue weighted by Crippen LogP contribution is -2.09. The van der Waals surface area contributed by atoms with Crippen LogP contribution in [0.3, 0.4) is 0 Å². The van der Waals surface area contributed by atoms with E-state index >= 15 is 0 Å². The van der Waals surface area contributed by atoms with Crippen molar-refractivity contribution >= 4 is 33.6 Å². The molecule has 0 unspecified atom stereocenters. The fraction of sp³-hybridized carbons (Fsp3) is 0. The largest absolute Gasteiger partial charge is 0.320 e. The molecule has 5 heteroatoms. The van der Waals surface area contributed by atoms with E-state index in [1.165, 1.54) is 6.08 Å². The van der Waals surface area contributed by atoms with Gasteiger partial charge in [-0.1, -0.05) is 34.1 Å². The Hall–Kier alpha value is -2.01. The molecule has 0 heterocycles. The molecular weight excluding hydrogens is 328 g/mol. The first-order chi connectivity index (χ1) is 9.56. The second kappa shape index (κ2) is 6.43. The molecule has 0 aliphatic heterocycles. The number of halogens is 3. The van der Waals surface area contributed by atoms with Crippen molar-refractivity contribution in [2.45, 2.75) is 0 Å². The summed E-state index contributed by atoms with van der Waals surface area (Å²) in [6.45, 7) is 0. The van der Waals surface area contributed by atoms with Crippen molar-refractivity contribution in [1.29, 1.82) is 0 Å². The van der Waals surface area contributed by atoms with Crippen LogP contribution in [-0.2, 0) is 4.79 Å². The third kappa shape index (κ3) is 3.74. The summed E-state index contributed by atoms with van der Waals surface area (Å²) in [4.78, 5) is 11.7.